The first-order chi connectivity index (χ1) is 9.20. The summed E-state index contributed by atoms with van der Waals surface area (Å²) in [5.74, 6) is -3.26. The second-order valence-electron chi connectivity index (χ2n) is 4.29. The molecule has 0 radical (unpaired) electrons. The molecule has 20 heavy (non-hydrogen) atoms. The molecule has 1 fully saturated rings. The van der Waals surface area contributed by atoms with E-state index in [0.29, 0.717) is 12.8 Å². The van der Waals surface area contributed by atoms with Crippen molar-refractivity contribution >= 4 is 23.4 Å². The lowest BCUT2D eigenvalue weighted by Gasteiger charge is -2.14. The van der Waals surface area contributed by atoms with Crippen molar-refractivity contribution in [2.75, 3.05) is 0 Å². The highest BCUT2D eigenvalue weighted by molar-refractivity contribution is 6.37. The summed E-state index contributed by atoms with van der Waals surface area (Å²) in [7, 11) is 0. The van der Waals surface area contributed by atoms with E-state index in [4.69, 9.17) is 16.7 Å². The zero-order chi connectivity index (χ0) is 15.1. The summed E-state index contributed by atoms with van der Waals surface area (Å²) in [6.07, 6.45) is -3.91. The number of Topliss-reactive ketones (excluding diaryl/α,β-unsaturated/α-hetero) is 1. The fraction of sp³-hybridized carbons (Fsp3) is 0.333. The van der Waals surface area contributed by atoms with Gasteiger partial charge in [0.1, 0.15) is 5.75 Å². The van der Waals surface area contributed by atoms with Crippen LogP contribution in [-0.2, 0) is 0 Å². The number of alkyl halides is 3. The van der Waals surface area contributed by atoms with E-state index in [0.717, 1.165) is 12.1 Å². The second-order valence-corrected chi connectivity index (χ2v) is 4.67. The molecule has 0 bridgehead atoms. The van der Waals surface area contributed by atoms with Crippen molar-refractivity contribution in [3.63, 3.8) is 0 Å². The first kappa shape index (κ1) is 14.6. The van der Waals surface area contributed by atoms with Gasteiger partial charge in [0.2, 0.25) is 0 Å². The number of carboxylic acid groups (broad SMARTS) is 1. The molecule has 1 aromatic carbocycles. The molecule has 0 aliphatic heterocycles. The fourth-order valence-corrected chi connectivity index (χ4v) is 2.04. The maximum Gasteiger partial charge on any atom is 0.573 e. The predicted molar refractivity (Wildman–Crippen MR) is 62.1 cm³/mol. The van der Waals surface area contributed by atoms with E-state index in [1.165, 1.54) is 0 Å². The average Bonchev–Trinajstić information content (AvgIpc) is 3.09. The van der Waals surface area contributed by atoms with Gasteiger partial charge in [-0.1, -0.05) is 11.6 Å². The Morgan fingerprint density at radius 2 is 1.90 bits per heavy atom. The van der Waals surface area contributed by atoms with Gasteiger partial charge < -0.3 is 9.84 Å². The largest absolute Gasteiger partial charge is 0.573 e. The molecule has 1 aliphatic rings. The molecule has 1 saturated carbocycles. The van der Waals surface area contributed by atoms with Crippen LogP contribution in [0.15, 0.2) is 12.1 Å². The van der Waals surface area contributed by atoms with Crippen molar-refractivity contribution < 1.29 is 32.6 Å². The number of rotatable bonds is 4. The Labute approximate surface area is 116 Å². The van der Waals surface area contributed by atoms with Gasteiger partial charge in [0.25, 0.3) is 0 Å². The molecule has 8 heteroatoms. The van der Waals surface area contributed by atoms with Crippen LogP contribution in [0.5, 0.6) is 5.75 Å². The average molecular weight is 309 g/mol. The van der Waals surface area contributed by atoms with Crippen molar-refractivity contribution in [2.24, 2.45) is 5.92 Å². The summed E-state index contributed by atoms with van der Waals surface area (Å²) < 4.78 is 40.6. The third-order valence-corrected chi connectivity index (χ3v) is 3.15. The number of hydrogen-bond donors (Lipinski definition) is 1. The Hall–Kier alpha value is -1.76. The van der Waals surface area contributed by atoms with E-state index >= 15 is 0 Å². The Bertz CT molecular complexity index is 579. The van der Waals surface area contributed by atoms with Crippen LogP contribution in [-0.4, -0.2) is 23.2 Å². The van der Waals surface area contributed by atoms with Gasteiger partial charge in [0.05, 0.1) is 16.1 Å². The van der Waals surface area contributed by atoms with Gasteiger partial charge in [-0.15, -0.1) is 13.2 Å². The van der Waals surface area contributed by atoms with Gasteiger partial charge in [-0.05, 0) is 25.0 Å². The summed E-state index contributed by atoms with van der Waals surface area (Å²) >= 11 is 5.76. The van der Waals surface area contributed by atoms with Crippen LogP contribution in [0.3, 0.4) is 0 Å². The third-order valence-electron chi connectivity index (χ3n) is 2.75. The summed E-state index contributed by atoms with van der Waals surface area (Å²) in [5, 5.41) is 8.36. The number of ketones is 1. The van der Waals surface area contributed by atoms with Gasteiger partial charge in [-0.25, -0.2) is 4.79 Å². The minimum atomic E-state index is -4.99. The van der Waals surface area contributed by atoms with Crippen molar-refractivity contribution in [3.8, 4) is 5.75 Å². The van der Waals surface area contributed by atoms with Gasteiger partial charge >= 0.3 is 12.3 Å². The molecular weight excluding hydrogens is 301 g/mol. The minimum Gasteiger partial charge on any atom is -0.478 e. The lowest BCUT2D eigenvalue weighted by Crippen LogP contribution is -2.20. The Morgan fingerprint density at radius 3 is 2.35 bits per heavy atom. The van der Waals surface area contributed by atoms with E-state index in [1.807, 2.05) is 0 Å². The maximum atomic E-state index is 12.3. The summed E-state index contributed by atoms with van der Waals surface area (Å²) in [5.41, 5.74) is -0.961. The highest BCUT2D eigenvalue weighted by atomic mass is 35.5. The molecule has 0 unspecified atom stereocenters. The Balaban J connectivity index is 2.53. The van der Waals surface area contributed by atoms with E-state index in [9.17, 15) is 22.8 Å². The molecule has 4 nitrogen and oxygen atoms in total. The molecule has 0 atom stereocenters. The fourth-order valence-electron chi connectivity index (χ4n) is 1.71. The van der Waals surface area contributed by atoms with E-state index in [1.54, 1.807) is 0 Å². The van der Waals surface area contributed by atoms with Gasteiger partial charge in [-0.3, -0.25) is 4.79 Å². The summed E-state index contributed by atoms with van der Waals surface area (Å²) in [6, 6.07) is 1.66. The molecule has 2 rings (SSSR count). The van der Waals surface area contributed by atoms with Gasteiger partial charge in [-0.2, -0.15) is 0 Å². The molecule has 1 N–H and O–H groups in total. The molecule has 1 aliphatic carbocycles. The van der Waals surface area contributed by atoms with Crippen molar-refractivity contribution in [3.05, 3.63) is 28.3 Å². The van der Waals surface area contributed by atoms with Crippen LogP contribution in [0.25, 0.3) is 0 Å². The van der Waals surface area contributed by atoms with E-state index < -0.39 is 45.9 Å². The van der Waals surface area contributed by atoms with Crippen LogP contribution in [0, 0.1) is 5.92 Å². The number of carbonyl (C=O) groups is 2. The molecule has 0 aromatic heterocycles. The van der Waals surface area contributed by atoms with Crippen LogP contribution in [0.2, 0.25) is 5.02 Å². The van der Waals surface area contributed by atoms with Gasteiger partial charge in [0.15, 0.2) is 5.78 Å². The number of carboxylic acids is 1. The number of ether oxygens (including phenoxy) is 1. The van der Waals surface area contributed by atoms with Crippen LogP contribution < -0.4 is 4.74 Å². The van der Waals surface area contributed by atoms with Crippen molar-refractivity contribution in [1.82, 2.24) is 0 Å². The lowest BCUT2D eigenvalue weighted by atomic mass is 10.0. The molecule has 0 amide bonds. The Kier molecular flexibility index (Phi) is 3.64. The Morgan fingerprint density at radius 1 is 1.30 bits per heavy atom. The van der Waals surface area contributed by atoms with E-state index in [2.05, 4.69) is 4.74 Å². The number of hydrogen-bond acceptors (Lipinski definition) is 3. The van der Waals surface area contributed by atoms with Crippen LogP contribution in [0.4, 0.5) is 13.2 Å². The molecule has 0 heterocycles. The maximum absolute atomic E-state index is 12.3. The third kappa shape index (κ3) is 3.04. The normalized spacial score (nSPS) is 15.0. The van der Waals surface area contributed by atoms with Crippen LogP contribution in [0.1, 0.15) is 33.6 Å². The smallest absolute Gasteiger partial charge is 0.478 e. The highest BCUT2D eigenvalue weighted by Crippen LogP contribution is 2.40. The quantitative estimate of drug-likeness (QED) is 0.864. The highest BCUT2D eigenvalue weighted by Gasteiger charge is 2.38. The monoisotopic (exact) mass is 308 g/mol. The topological polar surface area (TPSA) is 63.6 Å². The molecule has 1 aromatic rings. The lowest BCUT2D eigenvalue weighted by molar-refractivity contribution is -0.274. The number of halogens is 4. The SMILES string of the molecule is O=C(O)c1ccc(OC(F)(F)F)c(C(=O)C2CC2)c1Cl. The second kappa shape index (κ2) is 4.97. The zero-order valence-electron chi connectivity index (χ0n) is 9.83. The van der Waals surface area contributed by atoms with E-state index in [-0.39, 0.29) is 0 Å². The minimum absolute atomic E-state index is 0.424. The molecule has 0 spiro atoms. The zero-order valence-corrected chi connectivity index (χ0v) is 10.6. The summed E-state index contributed by atoms with van der Waals surface area (Å²) in [4.78, 5) is 22.9. The van der Waals surface area contributed by atoms with Crippen molar-refractivity contribution in [1.29, 1.82) is 0 Å². The van der Waals surface area contributed by atoms with Gasteiger partial charge in [0, 0.05) is 5.92 Å². The first-order valence-electron chi connectivity index (χ1n) is 5.56. The van der Waals surface area contributed by atoms with Crippen molar-refractivity contribution in [2.45, 2.75) is 19.2 Å². The van der Waals surface area contributed by atoms with Crippen LogP contribution >= 0.6 is 11.6 Å². The first-order valence-corrected chi connectivity index (χ1v) is 5.94. The number of aromatic carboxylic acids is 1. The molecule has 108 valence electrons. The standard InChI is InChI=1S/C12H8ClF3O4/c13-9-6(11(18)19)3-4-7(20-12(14,15)16)8(9)10(17)5-1-2-5/h3-5H,1-2H2,(H,18,19). The predicted octanol–water partition coefficient (Wildman–Crippen LogP) is 3.53. The number of benzene rings is 1. The molecule has 0 saturated heterocycles. The molecular formula is C12H8ClF3O4. The number of carbonyl (C=O) groups excluding carboxylic acids is 1. The summed E-state index contributed by atoms with van der Waals surface area (Å²) in [6.45, 7) is 0.